The number of hydrogen-bond acceptors (Lipinski definition) is 3. The van der Waals surface area contributed by atoms with Crippen LogP contribution >= 0.6 is 11.8 Å². The number of amides is 2. The molecule has 2 amide bonds. The first-order valence-corrected chi connectivity index (χ1v) is 9.38. The van der Waals surface area contributed by atoms with E-state index in [-0.39, 0.29) is 11.8 Å². The Labute approximate surface area is 143 Å². The fourth-order valence-corrected chi connectivity index (χ4v) is 4.14. The maximum atomic E-state index is 12.7. The van der Waals surface area contributed by atoms with Crippen LogP contribution in [0.15, 0.2) is 24.3 Å². The van der Waals surface area contributed by atoms with E-state index in [9.17, 15) is 9.59 Å². The Hall–Kier alpha value is -1.49. The zero-order valence-corrected chi connectivity index (χ0v) is 15.0. The molecule has 1 aromatic carbocycles. The third kappa shape index (κ3) is 4.74. The molecular weight excluding hydrogens is 308 g/mol. The highest BCUT2D eigenvalue weighted by Crippen LogP contribution is 2.32. The van der Waals surface area contributed by atoms with E-state index >= 15 is 0 Å². The largest absolute Gasteiger partial charge is 0.339 e. The van der Waals surface area contributed by atoms with Gasteiger partial charge in [0.1, 0.15) is 0 Å². The van der Waals surface area contributed by atoms with Gasteiger partial charge in [0.15, 0.2) is 0 Å². The molecule has 1 N–H and O–H groups in total. The SMILES string of the molecule is CCS[C@H]1CC[C@H](N(C)C(=O)c2cccc(NC(=O)CC)c2)C1. The minimum absolute atomic E-state index is 0.0322. The molecule has 2 rings (SSSR count). The van der Waals surface area contributed by atoms with Gasteiger partial charge in [-0.3, -0.25) is 9.59 Å². The molecular formula is C18H26N2O2S. The van der Waals surface area contributed by atoms with E-state index in [1.165, 1.54) is 6.42 Å². The van der Waals surface area contributed by atoms with E-state index in [0.29, 0.717) is 29.0 Å². The summed E-state index contributed by atoms with van der Waals surface area (Å²) in [4.78, 5) is 26.1. The van der Waals surface area contributed by atoms with E-state index in [2.05, 4.69) is 12.2 Å². The lowest BCUT2D eigenvalue weighted by molar-refractivity contribution is -0.115. The lowest BCUT2D eigenvalue weighted by atomic mass is 10.1. The quantitative estimate of drug-likeness (QED) is 0.861. The molecule has 1 aliphatic carbocycles. The van der Waals surface area contributed by atoms with E-state index in [0.717, 1.165) is 18.6 Å². The minimum Gasteiger partial charge on any atom is -0.339 e. The molecule has 0 radical (unpaired) electrons. The van der Waals surface area contributed by atoms with Gasteiger partial charge in [0, 0.05) is 36.0 Å². The molecule has 1 aliphatic rings. The van der Waals surface area contributed by atoms with Crippen molar-refractivity contribution < 1.29 is 9.59 Å². The molecule has 4 nitrogen and oxygen atoms in total. The Morgan fingerprint density at radius 2 is 2.09 bits per heavy atom. The summed E-state index contributed by atoms with van der Waals surface area (Å²) >= 11 is 1.99. The van der Waals surface area contributed by atoms with E-state index in [4.69, 9.17) is 0 Å². The van der Waals surface area contributed by atoms with Crippen LogP contribution in [0.2, 0.25) is 0 Å². The second-order valence-electron chi connectivity index (χ2n) is 5.94. The van der Waals surface area contributed by atoms with Crippen LogP contribution in [0.25, 0.3) is 0 Å². The van der Waals surface area contributed by atoms with Crippen molar-refractivity contribution in [1.82, 2.24) is 4.90 Å². The normalized spacial score (nSPS) is 20.3. The number of carbonyl (C=O) groups excluding carboxylic acids is 2. The maximum Gasteiger partial charge on any atom is 0.253 e. The van der Waals surface area contributed by atoms with Gasteiger partial charge < -0.3 is 10.2 Å². The summed E-state index contributed by atoms with van der Waals surface area (Å²) in [6.07, 6.45) is 3.77. The molecule has 1 aromatic rings. The summed E-state index contributed by atoms with van der Waals surface area (Å²) in [6.45, 7) is 3.99. The van der Waals surface area contributed by atoms with Crippen molar-refractivity contribution in [3.63, 3.8) is 0 Å². The van der Waals surface area contributed by atoms with Gasteiger partial charge in [0.2, 0.25) is 5.91 Å². The van der Waals surface area contributed by atoms with Crippen LogP contribution in [0, 0.1) is 0 Å². The van der Waals surface area contributed by atoms with E-state index in [1.807, 2.05) is 48.8 Å². The highest BCUT2D eigenvalue weighted by atomic mass is 32.2. The van der Waals surface area contributed by atoms with Crippen LogP contribution in [0.4, 0.5) is 5.69 Å². The van der Waals surface area contributed by atoms with Crippen LogP contribution in [-0.2, 0) is 4.79 Å². The monoisotopic (exact) mass is 334 g/mol. The van der Waals surface area contributed by atoms with Crippen molar-refractivity contribution in [2.75, 3.05) is 18.1 Å². The minimum atomic E-state index is -0.0434. The van der Waals surface area contributed by atoms with E-state index in [1.54, 1.807) is 6.07 Å². The first kappa shape index (κ1) is 17.9. The van der Waals surface area contributed by atoms with Gasteiger partial charge in [0.25, 0.3) is 5.91 Å². The average molecular weight is 334 g/mol. The lowest BCUT2D eigenvalue weighted by Gasteiger charge is -2.25. The van der Waals surface area contributed by atoms with Crippen molar-refractivity contribution in [2.45, 2.75) is 50.8 Å². The molecule has 0 aliphatic heterocycles. The third-order valence-corrected chi connectivity index (χ3v) is 5.57. The molecule has 0 unspecified atom stereocenters. The molecule has 1 saturated carbocycles. The number of nitrogens with zero attached hydrogens (tertiary/aromatic N) is 1. The van der Waals surface area contributed by atoms with Crippen molar-refractivity contribution in [3.8, 4) is 0 Å². The first-order chi connectivity index (χ1) is 11.0. The Bertz CT molecular complexity index is 562. The smallest absolute Gasteiger partial charge is 0.253 e. The molecule has 0 saturated heterocycles. The second kappa shape index (κ2) is 8.39. The highest BCUT2D eigenvalue weighted by molar-refractivity contribution is 7.99. The first-order valence-electron chi connectivity index (χ1n) is 8.33. The molecule has 126 valence electrons. The van der Waals surface area contributed by atoms with Crippen molar-refractivity contribution in [1.29, 1.82) is 0 Å². The summed E-state index contributed by atoms with van der Waals surface area (Å²) in [6, 6.07) is 7.53. The topological polar surface area (TPSA) is 49.4 Å². The van der Waals surface area contributed by atoms with Gasteiger partial charge in [-0.05, 0) is 43.2 Å². The second-order valence-corrected chi connectivity index (χ2v) is 7.52. The number of nitrogens with one attached hydrogen (secondary N) is 1. The zero-order valence-electron chi connectivity index (χ0n) is 14.2. The average Bonchev–Trinajstić information content (AvgIpc) is 3.02. The van der Waals surface area contributed by atoms with Crippen molar-refractivity contribution in [2.24, 2.45) is 0 Å². The predicted molar refractivity (Wildman–Crippen MR) is 97.0 cm³/mol. The Morgan fingerprint density at radius 1 is 1.30 bits per heavy atom. The van der Waals surface area contributed by atoms with Gasteiger partial charge in [0.05, 0.1) is 0 Å². The fourth-order valence-electron chi connectivity index (χ4n) is 3.01. The summed E-state index contributed by atoms with van der Waals surface area (Å²) in [5.74, 6) is 1.12. The third-order valence-electron chi connectivity index (χ3n) is 4.34. The van der Waals surface area contributed by atoms with Gasteiger partial charge in [-0.2, -0.15) is 11.8 Å². The van der Waals surface area contributed by atoms with Crippen LogP contribution in [0.5, 0.6) is 0 Å². The number of thioether (sulfide) groups is 1. The number of carbonyl (C=O) groups is 2. The van der Waals surface area contributed by atoms with Gasteiger partial charge in [-0.15, -0.1) is 0 Å². The zero-order chi connectivity index (χ0) is 16.8. The Kier molecular flexibility index (Phi) is 6.51. The van der Waals surface area contributed by atoms with Crippen LogP contribution < -0.4 is 5.32 Å². The molecule has 0 heterocycles. The molecule has 0 aromatic heterocycles. The molecule has 0 spiro atoms. The van der Waals surface area contributed by atoms with Crippen LogP contribution in [0.3, 0.4) is 0 Å². The summed E-state index contributed by atoms with van der Waals surface area (Å²) in [7, 11) is 1.89. The molecule has 0 bridgehead atoms. The standard InChI is InChI=1S/C18H26N2O2S/c1-4-17(21)19-14-8-6-7-13(11-14)18(22)20(3)15-9-10-16(12-15)23-5-2/h6-8,11,15-16H,4-5,9-10,12H2,1-3H3,(H,19,21)/t15-,16-/m0/s1. The highest BCUT2D eigenvalue weighted by Gasteiger charge is 2.30. The number of rotatable bonds is 6. The van der Waals surface area contributed by atoms with Crippen molar-refractivity contribution in [3.05, 3.63) is 29.8 Å². The van der Waals surface area contributed by atoms with Crippen LogP contribution in [0.1, 0.15) is 49.9 Å². The molecule has 1 fully saturated rings. The van der Waals surface area contributed by atoms with Gasteiger partial charge >= 0.3 is 0 Å². The lowest BCUT2D eigenvalue weighted by Crippen LogP contribution is -2.35. The van der Waals surface area contributed by atoms with Gasteiger partial charge in [-0.1, -0.05) is 19.9 Å². The van der Waals surface area contributed by atoms with Crippen molar-refractivity contribution >= 4 is 29.3 Å². The van der Waals surface area contributed by atoms with E-state index < -0.39 is 0 Å². The molecule has 5 heteroatoms. The molecule has 2 atom stereocenters. The number of anilines is 1. The fraction of sp³-hybridized carbons (Fsp3) is 0.556. The predicted octanol–water partition coefficient (Wildman–Crippen LogP) is 3.78. The maximum absolute atomic E-state index is 12.7. The summed E-state index contributed by atoms with van der Waals surface area (Å²) < 4.78 is 0. The summed E-state index contributed by atoms with van der Waals surface area (Å²) in [5, 5.41) is 3.48. The van der Waals surface area contributed by atoms with Gasteiger partial charge in [-0.25, -0.2) is 0 Å². The molecule has 23 heavy (non-hydrogen) atoms. The number of hydrogen-bond donors (Lipinski definition) is 1. The number of benzene rings is 1. The summed E-state index contributed by atoms with van der Waals surface area (Å²) in [5.41, 5.74) is 1.31. The Balaban J connectivity index is 2.02. The van der Waals surface area contributed by atoms with Crippen LogP contribution in [-0.4, -0.2) is 40.8 Å². The Morgan fingerprint density at radius 3 is 2.78 bits per heavy atom.